The summed E-state index contributed by atoms with van der Waals surface area (Å²) in [5, 5.41) is 13.5. The fourth-order valence-corrected chi connectivity index (χ4v) is 2.73. The van der Waals surface area contributed by atoms with Gasteiger partial charge in [-0.3, -0.25) is 4.68 Å². The Hall–Kier alpha value is -1.56. The van der Waals surface area contributed by atoms with E-state index in [1.54, 1.807) is 0 Å². The van der Waals surface area contributed by atoms with Crippen LogP contribution >= 0.6 is 0 Å². The van der Waals surface area contributed by atoms with Gasteiger partial charge in [0.1, 0.15) is 0 Å². The van der Waals surface area contributed by atoms with Crippen LogP contribution < -0.4 is 0 Å². The maximum Gasteiger partial charge on any atom is 0.0757 e. The van der Waals surface area contributed by atoms with Gasteiger partial charge in [-0.15, -0.1) is 0 Å². The highest BCUT2D eigenvalue weighted by atomic mass is 15.3. The maximum absolute atomic E-state index is 9.00. The molecule has 1 aliphatic rings. The molecule has 1 saturated carbocycles. The van der Waals surface area contributed by atoms with Gasteiger partial charge in [0, 0.05) is 6.20 Å². The molecule has 1 aromatic heterocycles. The minimum Gasteiger partial charge on any atom is -0.265 e. The van der Waals surface area contributed by atoms with Gasteiger partial charge in [0.2, 0.25) is 0 Å². The van der Waals surface area contributed by atoms with Crippen molar-refractivity contribution >= 4 is 0 Å². The fourth-order valence-electron chi connectivity index (χ4n) is 2.73. The highest BCUT2D eigenvalue weighted by Gasteiger charge is 2.36. The van der Waals surface area contributed by atoms with Crippen LogP contribution in [-0.4, -0.2) is 9.78 Å². The molecule has 0 aliphatic heterocycles. The first-order valence-corrected chi connectivity index (χ1v) is 6.22. The zero-order chi connectivity index (χ0) is 12.3. The lowest BCUT2D eigenvalue weighted by Gasteiger charge is -2.26. The Kier molecular flexibility index (Phi) is 3.33. The van der Waals surface area contributed by atoms with E-state index >= 15 is 0 Å². The lowest BCUT2D eigenvalue weighted by atomic mass is 9.94. The van der Waals surface area contributed by atoms with Crippen molar-refractivity contribution in [3.05, 3.63) is 30.1 Å². The van der Waals surface area contributed by atoms with Gasteiger partial charge in [-0.05, 0) is 31.7 Å². The second kappa shape index (κ2) is 4.75. The third-order valence-electron chi connectivity index (χ3n) is 3.57. The van der Waals surface area contributed by atoms with Crippen LogP contribution in [-0.2, 0) is 12.0 Å². The third kappa shape index (κ3) is 2.41. The summed E-state index contributed by atoms with van der Waals surface area (Å²) in [6.45, 7) is 5.95. The number of allylic oxidation sites excluding steroid dienone is 1. The molecule has 0 amide bonds. The molecule has 17 heavy (non-hydrogen) atoms. The molecule has 3 heteroatoms. The Labute approximate surface area is 103 Å². The van der Waals surface area contributed by atoms with E-state index < -0.39 is 0 Å². The number of hydrogen-bond acceptors (Lipinski definition) is 2. The zero-order valence-electron chi connectivity index (χ0n) is 10.4. The van der Waals surface area contributed by atoms with Crippen molar-refractivity contribution in [1.82, 2.24) is 9.78 Å². The first-order valence-electron chi connectivity index (χ1n) is 6.22. The normalized spacial score (nSPS) is 17.9. The van der Waals surface area contributed by atoms with E-state index in [0.717, 1.165) is 24.8 Å². The topological polar surface area (TPSA) is 41.6 Å². The zero-order valence-corrected chi connectivity index (χ0v) is 10.4. The minimum absolute atomic E-state index is 0.0396. The van der Waals surface area contributed by atoms with Crippen molar-refractivity contribution < 1.29 is 0 Å². The minimum atomic E-state index is -0.0396. The molecule has 0 radical (unpaired) electrons. The SMILES string of the molecule is C=C(C)Cc1cnn(C2(CC#N)CCCC2)c1. The quantitative estimate of drug-likeness (QED) is 0.744. The third-order valence-corrected chi connectivity index (χ3v) is 3.57. The Morgan fingerprint density at radius 3 is 2.88 bits per heavy atom. The molecule has 0 spiro atoms. The Bertz CT molecular complexity index is 444. The van der Waals surface area contributed by atoms with E-state index in [-0.39, 0.29) is 5.54 Å². The number of rotatable bonds is 4. The van der Waals surface area contributed by atoms with E-state index in [4.69, 9.17) is 5.26 Å². The molecule has 1 aromatic rings. The van der Waals surface area contributed by atoms with Crippen LogP contribution in [0.4, 0.5) is 0 Å². The monoisotopic (exact) mass is 229 g/mol. The predicted molar refractivity (Wildman–Crippen MR) is 67.4 cm³/mol. The van der Waals surface area contributed by atoms with Crippen molar-refractivity contribution in [2.24, 2.45) is 0 Å². The number of hydrogen-bond donors (Lipinski definition) is 0. The summed E-state index contributed by atoms with van der Waals surface area (Å²) in [6.07, 6.45) is 10.0. The van der Waals surface area contributed by atoms with Gasteiger partial charge in [0.15, 0.2) is 0 Å². The fraction of sp³-hybridized carbons (Fsp3) is 0.571. The largest absolute Gasteiger partial charge is 0.265 e. The standard InChI is InChI=1S/C14H19N3/c1-12(2)9-13-10-16-17(11-13)14(7-8-15)5-3-4-6-14/h10-11H,1,3-7,9H2,2H3. The molecular weight excluding hydrogens is 210 g/mol. The first kappa shape index (κ1) is 11.9. The van der Waals surface area contributed by atoms with Crippen molar-refractivity contribution in [2.45, 2.75) is 51.0 Å². The Balaban J connectivity index is 2.22. The average molecular weight is 229 g/mol. The summed E-state index contributed by atoms with van der Waals surface area (Å²) in [5.74, 6) is 0. The van der Waals surface area contributed by atoms with E-state index in [2.05, 4.69) is 23.9 Å². The Morgan fingerprint density at radius 1 is 1.59 bits per heavy atom. The van der Waals surface area contributed by atoms with Crippen LogP contribution in [0.1, 0.15) is 44.6 Å². The first-order chi connectivity index (χ1) is 8.16. The van der Waals surface area contributed by atoms with E-state index in [0.29, 0.717) is 6.42 Å². The summed E-state index contributed by atoms with van der Waals surface area (Å²) < 4.78 is 2.03. The van der Waals surface area contributed by atoms with Crippen molar-refractivity contribution in [1.29, 1.82) is 5.26 Å². The molecule has 0 saturated heterocycles. The molecule has 0 N–H and O–H groups in total. The van der Waals surface area contributed by atoms with Gasteiger partial charge in [-0.2, -0.15) is 10.4 Å². The lowest BCUT2D eigenvalue weighted by Crippen LogP contribution is -2.30. The summed E-state index contributed by atoms with van der Waals surface area (Å²) >= 11 is 0. The van der Waals surface area contributed by atoms with Crippen LogP contribution in [0.2, 0.25) is 0 Å². The predicted octanol–water partition coefficient (Wildman–Crippen LogP) is 3.18. The molecule has 90 valence electrons. The van der Waals surface area contributed by atoms with Crippen LogP contribution in [0.15, 0.2) is 24.5 Å². The van der Waals surface area contributed by atoms with E-state index in [1.807, 2.05) is 17.8 Å². The molecule has 1 aliphatic carbocycles. The molecule has 1 heterocycles. The van der Waals surface area contributed by atoms with Crippen molar-refractivity contribution in [2.75, 3.05) is 0 Å². The molecule has 2 rings (SSSR count). The van der Waals surface area contributed by atoms with Gasteiger partial charge < -0.3 is 0 Å². The maximum atomic E-state index is 9.00. The molecule has 0 unspecified atom stereocenters. The van der Waals surface area contributed by atoms with Gasteiger partial charge in [0.25, 0.3) is 0 Å². The summed E-state index contributed by atoms with van der Waals surface area (Å²) in [6, 6.07) is 2.32. The number of aromatic nitrogens is 2. The van der Waals surface area contributed by atoms with Crippen LogP contribution in [0.25, 0.3) is 0 Å². The Morgan fingerprint density at radius 2 is 2.29 bits per heavy atom. The second-order valence-electron chi connectivity index (χ2n) is 5.19. The molecule has 0 aromatic carbocycles. The lowest BCUT2D eigenvalue weighted by molar-refractivity contribution is 0.269. The molecular formula is C14H19N3. The van der Waals surface area contributed by atoms with Crippen LogP contribution in [0.5, 0.6) is 0 Å². The highest BCUT2D eigenvalue weighted by molar-refractivity contribution is 5.14. The van der Waals surface area contributed by atoms with Crippen molar-refractivity contribution in [3.8, 4) is 6.07 Å². The molecule has 0 bridgehead atoms. The molecule has 0 atom stereocenters. The van der Waals surface area contributed by atoms with Crippen LogP contribution in [0, 0.1) is 11.3 Å². The van der Waals surface area contributed by atoms with Gasteiger partial charge in [0.05, 0.1) is 24.2 Å². The smallest absolute Gasteiger partial charge is 0.0757 e. The van der Waals surface area contributed by atoms with Crippen LogP contribution in [0.3, 0.4) is 0 Å². The van der Waals surface area contributed by atoms with Gasteiger partial charge in [-0.1, -0.05) is 25.0 Å². The number of nitrogens with zero attached hydrogens (tertiary/aromatic N) is 3. The van der Waals surface area contributed by atoms with Crippen molar-refractivity contribution in [3.63, 3.8) is 0 Å². The highest BCUT2D eigenvalue weighted by Crippen LogP contribution is 2.38. The summed E-state index contributed by atoms with van der Waals surface area (Å²) in [4.78, 5) is 0. The summed E-state index contributed by atoms with van der Waals surface area (Å²) in [5.41, 5.74) is 2.30. The second-order valence-corrected chi connectivity index (χ2v) is 5.19. The summed E-state index contributed by atoms with van der Waals surface area (Å²) in [7, 11) is 0. The number of nitriles is 1. The molecule has 1 fully saturated rings. The van der Waals surface area contributed by atoms with E-state index in [9.17, 15) is 0 Å². The molecule has 3 nitrogen and oxygen atoms in total. The average Bonchev–Trinajstić information content (AvgIpc) is 2.87. The van der Waals surface area contributed by atoms with Gasteiger partial charge in [-0.25, -0.2) is 0 Å². The van der Waals surface area contributed by atoms with Gasteiger partial charge >= 0.3 is 0 Å². The van der Waals surface area contributed by atoms with E-state index in [1.165, 1.54) is 18.4 Å².